The van der Waals surface area contributed by atoms with Crippen molar-refractivity contribution in [2.45, 2.75) is 26.3 Å². The molecule has 1 atom stereocenters. The average molecular weight is 292 g/mol. The van der Waals surface area contributed by atoms with Gasteiger partial charge in [0.2, 0.25) is 0 Å². The largest absolute Gasteiger partial charge is 0.399 e. The number of amides is 1. The first-order valence-electron chi connectivity index (χ1n) is 7.42. The number of nitrogens with zero attached hydrogens (tertiary/aromatic N) is 2. The van der Waals surface area contributed by atoms with E-state index in [-0.39, 0.29) is 5.91 Å². The Bertz CT molecular complexity index is 473. The molecule has 5 heteroatoms. The van der Waals surface area contributed by atoms with Gasteiger partial charge in [0.15, 0.2) is 0 Å². The van der Waals surface area contributed by atoms with Crippen molar-refractivity contribution in [1.82, 2.24) is 10.2 Å². The molecule has 21 heavy (non-hydrogen) atoms. The van der Waals surface area contributed by atoms with Crippen LogP contribution >= 0.6 is 0 Å². The minimum atomic E-state index is -0.0800. The first-order valence-corrected chi connectivity index (χ1v) is 7.42. The van der Waals surface area contributed by atoms with Crippen LogP contribution in [0.5, 0.6) is 0 Å². The molecule has 118 valence electrons. The Labute approximate surface area is 128 Å². The van der Waals surface area contributed by atoms with Crippen molar-refractivity contribution in [3.63, 3.8) is 0 Å². The van der Waals surface area contributed by atoms with Gasteiger partial charge in [0.05, 0.1) is 5.56 Å². The van der Waals surface area contributed by atoms with Gasteiger partial charge in [-0.05, 0) is 38.6 Å². The molecule has 0 fully saturated rings. The lowest BCUT2D eigenvalue weighted by molar-refractivity contribution is 0.0948. The van der Waals surface area contributed by atoms with E-state index in [1.54, 1.807) is 6.07 Å². The van der Waals surface area contributed by atoms with E-state index in [1.807, 2.05) is 31.1 Å². The van der Waals surface area contributed by atoms with Gasteiger partial charge in [0.25, 0.3) is 5.91 Å². The van der Waals surface area contributed by atoms with Gasteiger partial charge in [-0.1, -0.05) is 6.92 Å². The first-order chi connectivity index (χ1) is 9.86. The molecule has 0 aliphatic carbocycles. The van der Waals surface area contributed by atoms with Crippen LogP contribution in [0.15, 0.2) is 18.2 Å². The predicted octanol–water partition coefficient (Wildman–Crippen LogP) is 1.79. The maximum atomic E-state index is 12.3. The number of benzene rings is 1. The van der Waals surface area contributed by atoms with Crippen LogP contribution < -0.4 is 16.0 Å². The average Bonchev–Trinajstić information content (AvgIpc) is 2.45. The van der Waals surface area contributed by atoms with Crippen LogP contribution in [0.3, 0.4) is 0 Å². The number of nitrogen functional groups attached to an aromatic ring is 1. The molecule has 1 aromatic rings. The van der Waals surface area contributed by atoms with Gasteiger partial charge in [-0.3, -0.25) is 4.79 Å². The zero-order valence-corrected chi connectivity index (χ0v) is 13.8. The number of hydrogen-bond acceptors (Lipinski definition) is 4. The normalized spacial score (nSPS) is 12.3. The van der Waals surface area contributed by atoms with E-state index < -0.39 is 0 Å². The molecular weight excluding hydrogens is 264 g/mol. The fourth-order valence-corrected chi connectivity index (χ4v) is 2.10. The Morgan fingerprint density at radius 3 is 2.57 bits per heavy atom. The second-order valence-electron chi connectivity index (χ2n) is 5.66. The highest BCUT2D eigenvalue weighted by Gasteiger charge is 2.13. The summed E-state index contributed by atoms with van der Waals surface area (Å²) in [5.41, 5.74) is 7.88. The maximum absolute atomic E-state index is 12.3. The lowest BCUT2D eigenvalue weighted by atomic mass is 10.1. The van der Waals surface area contributed by atoms with Gasteiger partial charge in [-0.15, -0.1) is 0 Å². The Kier molecular flexibility index (Phi) is 6.49. The number of anilines is 2. The molecule has 0 radical (unpaired) electrons. The fraction of sp³-hybridized carbons (Fsp3) is 0.562. The zero-order chi connectivity index (χ0) is 16.0. The van der Waals surface area contributed by atoms with Crippen molar-refractivity contribution in [2.24, 2.45) is 0 Å². The molecule has 1 unspecified atom stereocenters. The Hall–Kier alpha value is -1.75. The third kappa shape index (κ3) is 4.93. The van der Waals surface area contributed by atoms with Crippen LogP contribution in [-0.2, 0) is 0 Å². The van der Waals surface area contributed by atoms with Gasteiger partial charge in [-0.2, -0.15) is 0 Å². The second kappa shape index (κ2) is 7.88. The van der Waals surface area contributed by atoms with Gasteiger partial charge in [0, 0.05) is 44.6 Å². The van der Waals surface area contributed by atoms with E-state index in [0.717, 1.165) is 18.7 Å². The third-order valence-electron chi connectivity index (χ3n) is 3.84. The highest BCUT2D eigenvalue weighted by Crippen LogP contribution is 2.21. The number of rotatable bonds is 7. The number of carbonyl (C=O) groups is 1. The molecule has 1 amide bonds. The summed E-state index contributed by atoms with van der Waals surface area (Å²) in [5, 5.41) is 2.97. The number of hydrogen-bond donors (Lipinski definition) is 2. The summed E-state index contributed by atoms with van der Waals surface area (Å²) in [6.45, 7) is 5.81. The summed E-state index contributed by atoms with van der Waals surface area (Å²) < 4.78 is 0. The molecule has 1 aromatic carbocycles. The molecule has 0 saturated carbocycles. The quantitative estimate of drug-likeness (QED) is 0.752. The highest BCUT2D eigenvalue weighted by atomic mass is 16.1. The van der Waals surface area contributed by atoms with Gasteiger partial charge < -0.3 is 20.9 Å². The van der Waals surface area contributed by atoms with Crippen LogP contribution in [-0.4, -0.2) is 51.1 Å². The number of likely N-dealkylation sites (N-methyl/N-ethyl adjacent to an activating group) is 1. The Morgan fingerprint density at radius 2 is 2.00 bits per heavy atom. The first kappa shape index (κ1) is 17.3. The summed E-state index contributed by atoms with van der Waals surface area (Å²) >= 11 is 0. The van der Waals surface area contributed by atoms with Crippen LogP contribution in [0.1, 0.15) is 30.6 Å². The molecule has 0 aromatic heterocycles. The van der Waals surface area contributed by atoms with E-state index in [0.29, 0.717) is 23.8 Å². The van der Waals surface area contributed by atoms with E-state index in [4.69, 9.17) is 5.73 Å². The summed E-state index contributed by atoms with van der Waals surface area (Å²) in [6.07, 6.45) is 1.10. The molecule has 0 saturated heterocycles. The monoisotopic (exact) mass is 292 g/mol. The van der Waals surface area contributed by atoms with Crippen LogP contribution in [0.25, 0.3) is 0 Å². The molecule has 5 nitrogen and oxygen atoms in total. The van der Waals surface area contributed by atoms with Crippen molar-refractivity contribution >= 4 is 17.3 Å². The fourth-order valence-electron chi connectivity index (χ4n) is 2.10. The molecule has 3 N–H and O–H groups in total. The molecule has 0 bridgehead atoms. The van der Waals surface area contributed by atoms with Crippen molar-refractivity contribution in [1.29, 1.82) is 0 Å². The van der Waals surface area contributed by atoms with Crippen molar-refractivity contribution in [2.75, 3.05) is 44.9 Å². The summed E-state index contributed by atoms with van der Waals surface area (Å²) in [5.74, 6) is -0.0800. The Morgan fingerprint density at radius 1 is 1.33 bits per heavy atom. The number of nitrogens with two attached hydrogens (primary N) is 1. The van der Waals surface area contributed by atoms with E-state index in [2.05, 4.69) is 31.1 Å². The predicted molar refractivity (Wildman–Crippen MR) is 89.9 cm³/mol. The smallest absolute Gasteiger partial charge is 0.253 e. The molecule has 0 aliphatic heterocycles. The minimum Gasteiger partial charge on any atom is -0.399 e. The second-order valence-corrected chi connectivity index (χ2v) is 5.66. The SMILES string of the molecule is CCC(C)N(C)CCNC(=O)c1cc(N)ccc1N(C)C. The van der Waals surface area contributed by atoms with Gasteiger partial charge in [0.1, 0.15) is 0 Å². The zero-order valence-electron chi connectivity index (χ0n) is 13.8. The Balaban J connectivity index is 2.66. The van der Waals surface area contributed by atoms with Crippen LogP contribution in [0.2, 0.25) is 0 Å². The topological polar surface area (TPSA) is 61.6 Å². The molecule has 1 rings (SSSR count). The lowest BCUT2D eigenvalue weighted by Crippen LogP contribution is -2.37. The van der Waals surface area contributed by atoms with Crippen molar-refractivity contribution in [3.8, 4) is 0 Å². The van der Waals surface area contributed by atoms with Crippen LogP contribution in [0.4, 0.5) is 11.4 Å². The van der Waals surface area contributed by atoms with E-state index in [9.17, 15) is 4.79 Å². The third-order valence-corrected chi connectivity index (χ3v) is 3.84. The summed E-state index contributed by atoms with van der Waals surface area (Å²) in [7, 11) is 5.91. The number of nitrogens with one attached hydrogen (secondary N) is 1. The highest BCUT2D eigenvalue weighted by molar-refractivity contribution is 6.00. The lowest BCUT2D eigenvalue weighted by Gasteiger charge is -2.23. The molecule has 0 aliphatic rings. The number of carbonyl (C=O) groups excluding carboxylic acids is 1. The van der Waals surface area contributed by atoms with E-state index in [1.165, 1.54) is 0 Å². The summed E-state index contributed by atoms with van der Waals surface area (Å²) in [6, 6.07) is 5.92. The standard InChI is InChI=1S/C16H28N4O/c1-6-12(2)20(5)10-9-18-16(21)14-11-13(17)7-8-15(14)19(3)4/h7-8,11-12H,6,9-10,17H2,1-5H3,(H,18,21). The minimum absolute atomic E-state index is 0.0800. The molecular formula is C16H28N4O. The molecule has 0 heterocycles. The van der Waals surface area contributed by atoms with Crippen LogP contribution in [0, 0.1) is 0 Å². The van der Waals surface area contributed by atoms with E-state index >= 15 is 0 Å². The van der Waals surface area contributed by atoms with Crippen molar-refractivity contribution in [3.05, 3.63) is 23.8 Å². The summed E-state index contributed by atoms with van der Waals surface area (Å²) in [4.78, 5) is 16.5. The van der Waals surface area contributed by atoms with Gasteiger partial charge in [-0.25, -0.2) is 0 Å². The van der Waals surface area contributed by atoms with Gasteiger partial charge >= 0.3 is 0 Å². The maximum Gasteiger partial charge on any atom is 0.253 e. The van der Waals surface area contributed by atoms with Crippen molar-refractivity contribution < 1.29 is 4.79 Å². The molecule has 0 spiro atoms.